The van der Waals surface area contributed by atoms with E-state index in [1.807, 2.05) is 30.5 Å². The lowest BCUT2D eigenvalue weighted by Crippen LogP contribution is -2.39. The van der Waals surface area contributed by atoms with Crippen LogP contribution < -0.4 is 14.8 Å². The molecular formula is C21H24N2O5. The molecule has 3 N–H and O–H groups in total. The van der Waals surface area contributed by atoms with Crippen molar-refractivity contribution in [1.82, 2.24) is 10.3 Å². The number of phenols is 1. The van der Waals surface area contributed by atoms with Gasteiger partial charge in [0.05, 0.1) is 21.3 Å². The van der Waals surface area contributed by atoms with E-state index < -0.39 is 6.04 Å². The Morgan fingerprint density at radius 2 is 1.82 bits per heavy atom. The number of phenolic OH excluding ortho intramolecular Hbond substituents is 1. The van der Waals surface area contributed by atoms with Crippen LogP contribution in [0.1, 0.15) is 11.1 Å². The number of nitrogens with one attached hydrogen (secondary N) is 2. The van der Waals surface area contributed by atoms with Gasteiger partial charge in [-0.1, -0.05) is 18.2 Å². The molecule has 0 aliphatic rings. The Bertz CT molecular complexity index is 941. The Balaban J connectivity index is 1.79. The van der Waals surface area contributed by atoms with Crippen LogP contribution in [0.4, 0.5) is 0 Å². The first-order valence-corrected chi connectivity index (χ1v) is 8.87. The van der Waals surface area contributed by atoms with Crippen molar-refractivity contribution in [2.75, 3.05) is 21.3 Å². The molecule has 0 spiro atoms. The summed E-state index contributed by atoms with van der Waals surface area (Å²) in [5.41, 5.74) is 2.85. The van der Waals surface area contributed by atoms with Gasteiger partial charge in [0.2, 0.25) is 5.75 Å². The van der Waals surface area contributed by atoms with Crippen LogP contribution >= 0.6 is 0 Å². The second-order valence-corrected chi connectivity index (χ2v) is 6.37. The Labute approximate surface area is 163 Å². The first kappa shape index (κ1) is 19.6. The van der Waals surface area contributed by atoms with Crippen LogP contribution in [-0.4, -0.2) is 43.4 Å². The number of carbonyl (C=O) groups excluding carboxylic acids is 1. The molecule has 0 radical (unpaired) electrons. The van der Waals surface area contributed by atoms with Crippen molar-refractivity contribution in [1.29, 1.82) is 0 Å². The summed E-state index contributed by atoms with van der Waals surface area (Å²) in [6.45, 7) is 0.370. The minimum atomic E-state index is -0.532. The summed E-state index contributed by atoms with van der Waals surface area (Å²) in [5, 5.41) is 14.3. The predicted molar refractivity (Wildman–Crippen MR) is 106 cm³/mol. The molecule has 2 aromatic carbocycles. The zero-order valence-corrected chi connectivity index (χ0v) is 16.1. The standard InChI is InChI=1S/C21H24N2O5/c1-26-18-8-13(9-19(27-2)20(18)24)11-22-17(21(25)28-3)10-14-12-23-16-7-5-4-6-15(14)16/h4-9,12,17,22-24H,10-11H2,1-3H3/t17-/m0/s1. The van der Waals surface area contributed by atoms with Crippen LogP contribution in [0.3, 0.4) is 0 Å². The highest BCUT2D eigenvalue weighted by Crippen LogP contribution is 2.37. The summed E-state index contributed by atoms with van der Waals surface area (Å²) >= 11 is 0. The fourth-order valence-corrected chi connectivity index (χ4v) is 3.19. The summed E-state index contributed by atoms with van der Waals surface area (Å²) < 4.78 is 15.3. The van der Waals surface area contributed by atoms with Gasteiger partial charge >= 0.3 is 5.97 Å². The quantitative estimate of drug-likeness (QED) is 0.517. The van der Waals surface area contributed by atoms with E-state index in [1.54, 1.807) is 12.1 Å². The summed E-state index contributed by atoms with van der Waals surface area (Å²) in [6.07, 6.45) is 2.39. The lowest BCUT2D eigenvalue weighted by Gasteiger charge is -2.17. The number of fused-ring (bicyclic) bond motifs is 1. The molecule has 3 aromatic rings. The molecule has 0 aliphatic heterocycles. The molecule has 0 unspecified atom stereocenters. The lowest BCUT2D eigenvalue weighted by molar-refractivity contribution is -0.143. The molecule has 1 atom stereocenters. The molecule has 1 heterocycles. The van der Waals surface area contributed by atoms with Crippen LogP contribution in [0.5, 0.6) is 17.2 Å². The molecule has 0 saturated carbocycles. The first-order valence-electron chi connectivity index (χ1n) is 8.87. The molecule has 28 heavy (non-hydrogen) atoms. The number of aromatic nitrogens is 1. The number of aromatic hydroxyl groups is 1. The number of hydrogen-bond donors (Lipinski definition) is 3. The number of H-pyrrole nitrogens is 1. The van der Waals surface area contributed by atoms with E-state index in [9.17, 15) is 9.90 Å². The van der Waals surface area contributed by atoms with Gasteiger partial charge in [-0.25, -0.2) is 0 Å². The van der Waals surface area contributed by atoms with E-state index in [1.165, 1.54) is 21.3 Å². The third-order valence-electron chi connectivity index (χ3n) is 4.68. The molecule has 1 aromatic heterocycles. The van der Waals surface area contributed by atoms with E-state index in [-0.39, 0.29) is 11.7 Å². The monoisotopic (exact) mass is 384 g/mol. The number of carbonyl (C=O) groups is 1. The Morgan fingerprint density at radius 1 is 1.14 bits per heavy atom. The van der Waals surface area contributed by atoms with Gasteiger partial charge in [0.25, 0.3) is 0 Å². The van der Waals surface area contributed by atoms with Crippen LogP contribution in [-0.2, 0) is 22.5 Å². The van der Waals surface area contributed by atoms with Gasteiger partial charge in [-0.3, -0.25) is 4.79 Å². The largest absolute Gasteiger partial charge is 0.502 e. The second-order valence-electron chi connectivity index (χ2n) is 6.37. The van der Waals surface area contributed by atoms with Crippen LogP contribution in [0.25, 0.3) is 10.9 Å². The molecule has 0 fully saturated rings. The lowest BCUT2D eigenvalue weighted by atomic mass is 10.0. The molecule has 7 nitrogen and oxygen atoms in total. The normalized spacial score (nSPS) is 12.0. The van der Waals surface area contributed by atoms with Gasteiger partial charge in [-0.05, 0) is 29.3 Å². The maximum atomic E-state index is 12.3. The zero-order chi connectivity index (χ0) is 20.1. The Morgan fingerprint density at radius 3 is 2.46 bits per heavy atom. The predicted octanol–water partition coefficient (Wildman–Crippen LogP) is 2.76. The molecule has 0 saturated heterocycles. The van der Waals surface area contributed by atoms with Crippen molar-refractivity contribution < 1.29 is 24.1 Å². The van der Waals surface area contributed by atoms with E-state index in [0.29, 0.717) is 24.5 Å². The minimum Gasteiger partial charge on any atom is -0.502 e. The van der Waals surface area contributed by atoms with Gasteiger partial charge in [-0.15, -0.1) is 0 Å². The van der Waals surface area contributed by atoms with E-state index in [4.69, 9.17) is 14.2 Å². The van der Waals surface area contributed by atoms with Crippen molar-refractivity contribution in [3.63, 3.8) is 0 Å². The molecule has 3 rings (SSSR count). The number of para-hydroxylation sites is 1. The smallest absolute Gasteiger partial charge is 0.323 e. The summed E-state index contributed by atoms with van der Waals surface area (Å²) in [7, 11) is 4.32. The topological polar surface area (TPSA) is 92.8 Å². The second kappa shape index (κ2) is 8.67. The molecule has 0 amide bonds. The van der Waals surface area contributed by atoms with Crippen molar-refractivity contribution >= 4 is 16.9 Å². The molecule has 0 bridgehead atoms. The highest BCUT2D eigenvalue weighted by atomic mass is 16.5. The van der Waals surface area contributed by atoms with Crippen LogP contribution in [0.2, 0.25) is 0 Å². The maximum absolute atomic E-state index is 12.3. The molecule has 0 aliphatic carbocycles. The summed E-state index contributed by atoms with van der Waals surface area (Å²) in [5.74, 6) is 0.213. The van der Waals surface area contributed by atoms with E-state index in [2.05, 4.69) is 10.3 Å². The van der Waals surface area contributed by atoms with Gasteiger partial charge in [0.15, 0.2) is 11.5 Å². The van der Waals surface area contributed by atoms with Crippen molar-refractivity contribution in [3.8, 4) is 17.2 Å². The van der Waals surface area contributed by atoms with Crippen LogP contribution in [0, 0.1) is 0 Å². The molecule has 7 heteroatoms. The Hall–Kier alpha value is -3.19. The first-order chi connectivity index (χ1) is 13.6. The molecule has 148 valence electrons. The summed E-state index contributed by atoms with van der Waals surface area (Å²) in [6, 6.07) is 10.8. The third-order valence-corrected chi connectivity index (χ3v) is 4.68. The highest BCUT2D eigenvalue weighted by Gasteiger charge is 2.21. The van der Waals surface area contributed by atoms with Crippen molar-refractivity contribution in [2.24, 2.45) is 0 Å². The number of benzene rings is 2. The number of aromatic amines is 1. The number of rotatable bonds is 8. The van der Waals surface area contributed by atoms with Gasteiger partial charge in [-0.2, -0.15) is 0 Å². The fraction of sp³-hybridized carbons (Fsp3) is 0.286. The highest BCUT2D eigenvalue weighted by molar-refractivity contribution is 5.84. The number of esters is 1. The average Bonchev–Trinajstić information content (AvgIpc) is 3.14. The fourth-order valence-electron chi connectivity index (χ4n) is 3.19. The zero-order valence-electron chi connectivity index (χ0n) is 16.1. The van der Waals surface area contributed by atoms with Crippen molar-refractivity contribution in [3.05, 3.63) is 53.7 Å². The number of hydrogen-bond acceptors (Lipinski definition) is 6. The maximum Gasteiger partial charge on any atom is 0.323 e. The van der Waals surface area contributed by atoms with E-state index >= 15 is 0 Å². The Kier molecular flexibility index (Phi) is 6.06. The SMILES string of the molecule is COC(=O)[C@H](Cc1c[nH]c2ccccc12)NCc1cc(OC)c(O)c(OC)c1. The summed E-state index contributed by atoms with van der Waals surface area (Å²) in [4.78, 5) is 15.5. The molecular weight excluding hydrogens is 360 g/mol. The number of methoxy groups -OCH3 is 3. The minimum absolute atomic E-state index is 0.0583. The van der Waals surface area contributed by atoms with Gasteiger partial charge in [0.1, 0.15) is 6.04 Å². The van der Waals surface area contributed by atoms with Gasteiger partial charge < -0.3 is 29.6 Å². The third kappa shape index (κ3) is 4.04. The average molecular weight is 384 g/mol. The van der Waals surface area contributed by atoms with Gasteiger partial charge in [0, 0.05) is 30.1 Å². The van der Waals surface area contributed by atoms with Crippen LogP contribution in [0.15, 0.2) is 42.6 Å². The number of ether oxygens (including phenoxy) is 3. The van der Waals surface area contributed by atoms with Crippen molar-refractivity contribution in [2.45, 2.75) is 19.0 Å². The van der Waals surface area contributed by atoms with E-state index in [0.717, 1.165) is 22.0 Å².